The smallest absolute Gasteiger partial charge is 0.0616 e. The molecule has 2 rings (SSSR count). The van der Waals surface area contributed by atoms with Crippen molar-refractivity contribution in [3.63, 3.8) is 0 Å². The Morgan fingerprint density at radius 2 is 1.44 bits per heavy atom. The molecule has 0 aromatic heterocycles. The molecular formula is C13H25O2P. The second-order valence-electron chi connectivity index (χ2n) is 5.21. The number of ether oxygens (including phenoxy) is 1. The molecule has 3 heteroatoms. The topological polar surface area (TPSA) is 18.5 Å². The lowest BCUT2D eigenvalue weighted by atomic mass is 9.95. The van der Waals surface area contributed by atoms with Crippen LogP contribution in [0.3, 0.4) is 0 Å². The Morgan fingerprint density at radius 3 is 2.06 bits per heavy atom. The molecule has 2 aliphatic rings. The van der Waals surface area contributed by atoms with Gasteiger partial charge in [-0.15, -0.1) is 0 Å². The summed E-state index contributed by atoms with van der Waals surface area (Å²) in [6.45, 7) is 0. The summed E-state index contributed by atoms with van der Waals surface area (Å²) < 4.78 is 11.5. The Morgan fingerprint density at radius 1 is 0.812 bits per heavy atom. The fourth-order valence-electron chi connectivity index (χ4n) is 2.80. The van der Waals surface area contributed by atoms with Crippen molar-refractivity contribution in [1.82, 2.24) is 0 Å². The minimum Gasteiger partial charge on any atom is -0.381 e. The van der Waals surface area contributed by atoms with Gasteiger partial charge in [-0.2, -0.15) is 0 Å². The average molecular weight is 244 g/mol. The average Bonchev–Trinajstić information content (AvgIpc) is 2.38. The Balaban J connectivity index is 1.59. The highest BCUT2D eigenvalue weighted by molar-refractivity contribution is 7.33. The Hall–Kier alpha value is 0.350. The van der Waals surface area contributed by atoms with E-state index in [0.29, 0.717) is 12.2 Å². The molecule has 2 nitrogen and oxygen atoms in total. The molecule has 0 radical (unpaired) electrons. The lowest BCUT2D eigenvalue weighted by molar-refractivity contribution is 0.0367. The van der Waals surface area contributed by atoms with E-state index in [9.17, 15) is 0 Å². The van der Waals surface area contributed by atoms with Gasteiger partial charge in [-0.25, -0.2) is 0 Å². The zero-order chi connectivity index (χ0) is 11.2. The zero-order valence-electron chi connectivity index (χ0n) is 10.4. The second-order valence-corrected chi connectivity index (χ2v) is 6.49. The summed E-state index contributed by atoms with van der Waals surface area (Å²) in [7, 11) is 2.59. The van der Waals surface area contributed by atoms with Crippen molar-refractivity contribution in [2.75, 3.05) is 7.11 Å². The molecule has 0 aliphatic heterocycles. The summed E-state index contributed by atoms with van der Waals surface area (Å²) in [5, 5.41) is 0. The molecule has 2 aliphatic carbocycles. The summed E-state index contributed by atoms with van der Waals surface area (Å²) >= 11 is 0. The molecule has 0 aromatic carbocycles. The van der Waals surface area contributed by atoms with Crippen molar-refractivity contribution < 1.29 is 9.26 Å². The molecular weight excluding hydrogens is 219 g/mol. The minimum atomic E-state index is 0.498. The van der Waals surface area contributed by atoms with Gasteiger partial charge in [0.2, 0.25) is 0 Å². The molecule has 0 N–H and O–H groups in total. The van der Waals surface area contributed by atoms with Crippen LogP contribution in [0, 0.1) is 0 Å². The third-order valence-electron chi connectivity index (χ3n) is 3.96. The number of rotatable bonds is 4. The summed E-state index contributed by atoms with van der Waals surface area (Å²) in [6, 6.07) is 0. The van der Waals surface area contributed by atoms with Crippen molar-refractivity contribution >= 4 is 8.81 Å². The third-order valence-corrected chi connectivity index (χ3v) is 5.34. The Kier molecular flexibility index (Phi) is 5.55. The first-order valence-electron chi connectivity index (χ1n) is 6.82. The van der Waals surface area contributed by atoms with Crippen LogP contribution in [-0.2, 0) is 9.26 Å². The van der Waals surface area contributed by atoms with E-state index in [1.54, 1.807) is 0 Å². The van der Waals surface area contributed by atoms with Crippen LogP contribution in [0.25, 0.3) is 0 Å². The first kappa shape index (κ1) is 12.8. The molecule has 2 saturated carbocycles. The monoisotopic (exact) mass is 244 g/mol. The summed E-state index contributed by atoms with van der Waals surface area (Å²) in [6.07, 6.45) is 12.9. The van der Waals surface area contributed by atoms with Crippen LogP contribution in [0.5, 0.6) is 0 Å². The van der Waals surface area contributed by atoms with Gasteiger partial charge in [-0.1, -0.05) is 19.3 Å². The van der Waals surface area contributed by atoms with E-state index in [4.69, 9.17) is 9.26 Å². The van der Waals surface area contributed by atoms with Crippen LogP contribution < -0.4 is 0 Å². The van der Waals surface area contributed by atoms with Gasteiger partial charge in [0.15, 0.2) is 0 Å². The van der Waals surface area contributed by atoms with E-state index >= 15 is 0 Å². The normalized spacial score (nSPS) is 33.6. The number of hydrogen-bond acceptors (Lipinski definition) is 2. The van der Waals surface area contributed by atoms with Gasteiger partial charge in [-0.3, -0.25) is 0 Å². The molecule has 1 unspecified atom stereocenters. The van der Waals surface area contributed by atoms with E-state index in [2.05, 4.69) is 0 Å². The molecule has 0 aromatic rings. The molecule has 0 bridgehead atoms. The standard InChI is InChI=1S/C13H25O2P/c1-14-11-7-9-12(10-8-11)15-16-13-5-3-2-4-6-13/h11-13,16H,2-10H2,1H3. The summed E-state index contributed by atoms with van der Waals surface area (Å²) in [5.74, 6) is 0. The molecule has 0 spiro atoms. The largest absolute Gasteiger partial charge is 0.381 e. The lowest BCUT2D eigenvalue weighted by Crippen LogP contribution is -2.24. The molecule has 16 heavy (non-hydrogen) atoms. The highest BCUT2D eigenvalue weighted by atomic mass is 31.1. The van der Waals surface area contributed by atoms with Crippen LogP contribution >= 0.6 is 8.81 Å². The predicted molar refractivity (Wildman–Crippen MR) is 69.3 cm³/mol. The van der Waals surface area contributed by atoms with E-state index in [1.807, 2.05) is 7.11 Å². The lowest BCUT2D eigenvalue weighted by Gasteiger charge is -2.29. The van der Waals surface area contributed by atoms with E-state index in [-0.39, 0.29) is 0 Å². The van der Waals surface area contributed by atoms with E-state index in [1.165, 1.54) is 57.8 Å². The van der Waals surface area contributed by atoms with Gasteiger partial charge < -0.3 is 9.26 Å². The highest BCUT2D eigenvalue weighted by Gasteiger charge is 2.22. The number of hydrogen-bond donors (Lipinski definition) is 0. The first-order chi connectivity index (χ1) is 7.88. The zero-order valence-corrected chi connectivity index (χ0v) is 11.4. The van der Waals surface area contributed by atoms with Crippen molar-refractivity contribution in [1.29, 1.82) is 0 Å². The van der Waals surface area contributed by atoms with Gasteiger partial charge >= 0.3 is 0 Å². The van der Waals surface area contributed by atoms with Crippen molar-refractivity contribution in [2.45, 2.75) is 75.7 Å². The van der Waals surface area contributed by atoms with E-state index < -0.39 is 0 Å². The summed E-state index contributed by atoms with van der Waals surface area (Å²) in [4.78, 5) is 0. The van der Waals surface area contributed by atoms with Crippen LogP contribution in [0.15, 0.2) is 0 Å². The van der Waals surface area contributed by atoms with Crippen molar-refractivity contribution in [3.8, 4) is 0 Å². The minimum absolute atomic E-state index is 0.498. The van der Waals surface area contributed by atoms with Gasteiger partial charge in [0.05, 0.1) is 12.2 Å². The fourth-order valence-corrected chi connectivity index (χ4v) is 4.06. The fraction of sp³-hybridized carbons (Fsp3) is 1.00. The first-order valence-corrected chi connectivity index (χ1v) is 7.81. The SMILES string of the molecule is COC1CCC(OPC2CCCCC2)CC1. The molecule has 0 saturated heterocycles. The molecule has 1 atom stereocenters. The predicted octanol–water partition coefficient (Wildman–Crippen LogP) is 3.89. The van der Waals surface area contributed by atoms with Crippen LogP contribution in [0.4, 0.5) is 0 Å². The molecule has 2 fully saturated rings. The number of methoxy groups -OCH3 is 1. The van der Waals surface area contributed by atoms with Gasteiger partial charge in [0.1, 0.15) is 0 Å². The highest BCUT2D eigenvalue weighted by Crippen LogP contribution is 2.37. The molecule has 0 heterocycles. The molecule has 94 valence electrons. The quantitative estimate of drug-likeness (QED) is 0.698. The maximum absolute atomic E-state index is 6.09. The van der Waals surface area contributed by atoms with E-state index in [0.717, 1.165) is 14.5 Å². The third kappa shape index (κ3) is 3.98. The maximum Gasteiger partial charge on any atom is 0.0616 e. The van der Waals surface area contributed by atoms with Crippen molar-refractivity contribution in [3.05, 3.63) is 0 Å². The summed E-state index contributed by atoms with van der Waals surface area (Å²) in [5.41, 5.74) is 0.883. The van der Waals surface area contributed by atoms with Gasteiger partial charge in [0.25, 0.3) is 0 Å². The van der Waals surface area contributed by atoms with Crippen LogP contribution in [0.2, 0.25) is 0 Å². The van der Waals surface area contributed by atoms with Gasteiger partial charge in [-0.05, 0) is 38.5 Å². The second kappa shape index (κ2) is 6.93. The van der Waals surface area contributed by atoms with Crippen molar-refractivity contribution in [2.24, 2.45) is 0 Å². The molecule has 0 amide bonds. The Bertz CT molecular complexity index is 184. The van der Waals surface area contributed by atoms with Crippen LogP contribution in [0.1, 0.15) is 57.8 Å². The van der Waals surface area contributed by atoms with Crippen LogP contribution in [-0.4, -0.2) is 25.0 Å². The Labute approximate surface area is 101 Å². The van der Waals surface area contributed by atoms with Gasteiger partial charge in [0, 0.05) is 21.6 Å². The maximum atomic E-state index is 6.09.